The van der Waals surface area contributed by atoms with Crippen molar-refractivity contribution in [1.82, 2.24) is 5.32 Å². The van der Waals surface area contributed by atoms with Crippen LogP contribution in [0.1, 0.15) is 35.2 Å². The monoisotopic (exact) mass is 560 g/mol. The van der Waals surface area contributed by atoms with Crippen LogP contribution >= 0.6 is 58.0 Å². The number of carbonyl (C=O) groups excluding carboxylic acids is 2. The molecule has 2 atom stereocenters. The number of benzene rings is 2. The normalized spacial score (nSPS) is 19.2. The quantitative estimate of drug-likeness (QED) is 0.354. The summed E-state index contributed by atoms with van der Waals surface area (Å²) in [7, 11) is 0. The summed E-state index contributed by atoms with van der Waals surface area (Å²) in [6.45, 7) is 0.301. The van der Waals surface area contributed by atoms with Gasteiger partial charge in [-0.15, -0.1) is 23.2 Å². The molecule has 2 N–H and O–H groups in total. The molecule has 1 aliphatic carbocycles. The number of halogens is 8. The van der Waals surface area contributed by atoms with E-state index in [1.807, 2.05) is 5.32 Å². The lowest BCUT2D eigenvalue weighted by Crippen LogP contribution is -2.36. The van der Waals surface area contributed by atoms with Gasteiger partial charge in [0.25, 0.3) is 11.8 Å². The fourth-order valence-corrected chi connectivity index (χ4v) is 4.86. The smallest absolute Gasteiger partial charge is 0.264 e. The number of anilines is 1. The van der Waals surface area contributed by atoms with Gasteiger partial charge in [-0.2, -0.15) is 0 Å². The third-order valence-corrected chi connectivity index (χ3v) is 6.91. The minimum absolute atomic E-state index is 0.131. The Bertz CT molecular complexity index is 1090. The first-order valence-electron chi connectivity index (χ1n) is 9.56. The van der Waals surface area contributed by atoms with Gasteiger partial charge in [-0.25, -0.2) is 13.2 Å². The fourth-order valence-electron chi connectivity index (χ4n) is 3.30. The first-order valence-corrected chi connectivity index (χ1v) is 11.5. The lowest BCUT2D eigenvalue weighted by Gasteiger charge is -2.16. The van der Waals surface area contributed by atoms with Gasteiger partial charge in [0.05, 0.1) is 23.0 Å². The highest BCUT2D eigenvalue weighted by Crippen LogP contribution is 2.65. The summed E-state index contributed by atoms with van der Waals surface area (Å²) < 4.78 is 39.7. The van der Waals surface area contributed by atoms with Gasteiger partial charge in [0.15, 0.2) is 0 Å². The molecule has 2 aromatic rings. The summed E-state index contributed by atoms with van der Waals surface area (Å²) in [6, 6.07) is 6.60. The number of amides is 2. The lowest BCUT2D eigenvalue weighted by atomic mass is 10.1. The van der Waals surface area contributed by atoms with Crippen molar-refractivity contribution in [1.29, 1.82) is 0 Å². The number of rotatable bonds is 7. The third kappa shape index (κ3) is 5.82. The van der Waals surface area contributed by atoms with Crippen molar-refractivity contribution in [3.8, 4) is 0 Å². The SMILES string of the molecule is CCC(F)(F)CNC(=O)c1cc(NC(=O)[C@H]2[C@H](c3cc(Cl)cc(Cl)c3)C2(Cl)Cl)cc(F)c1Cl. The molecule has 0 heterocycles. The molecule has 0 bridgehead atoms. The Morgan fingerprint density at radius 3 is 2.24 bits per heavy atom. The molecule has 0 aliphatic heterocycles. The zero-order valence-corrected chi connectivity index (χ0v) is 20.6. The summed E-state index contributed by atoms with van der Waals surface area (Å²) in [5, 5.41) is 4.52. The van der Waals surface area contributed by atoms with Crippen molar-refractivity contribution in [2.75, 3.05) is 11.9 Å². The lowest BCUT2D eigenvalue weighted by molar-refractivity contribution is -0.117. The summed E-state index contributed by atoms with van der Waals surface area (Å²) in [5.41, 5.74) is -0.0130. The Balaban J connectivity index is 1.79. The molecule has 0 spiro atoms. The first-order chi connectivity index (χ1) is 15.3. The summed E-state index contributed by atoms with van der Waals surface area (Å²) in [6.07, 6.45) is -0.496. The number of hydrogen-bond acceptors (Lipinski definition) is 2. The Kier molecular flexibility index (Phi) is 7.71. The summed E-state index contributed by atoms with van der Waals surface area (Å²) in [4.78, 5) is 25.1. The van der Waals surface area contributed by atoms with E-state index in [0.29, 0.717) is 15.6 Å². The molecule has 0 radical (unpaired) electrons. The second kappa shape index (κ2) is 9.70. The third-order valence-electron chi connectivity index (χ3n) is 5.15. The molecule has 2 aromatic carbocycles. The molecule has 33 heavy (non-hydrogen) atoms. The molecule has 3 rings (SSSR count). The Hall–Kier alpha value is -1.38. The van der Waals surface area contributed by atoms with Crippen molar-refractivity contribution >= 4 is 75.5 Å². The van der Waals surface area contributed by atoms with E-state index in [1.165, 1.54) is 13.0 Å². The van der Waals surface area contributed by atoms with Gasteiger partial charge in [0, 0.05) is 28.1 Å². The average Bonchev–Trinajstić information content (AvgIpc) is 3.30. The highest BCUT2D eigenvalue weighted by Gasteiger charge is 2.67. The van der Waals surface area contributed by atoms with Crippen LogP contribution in [-0.4, -0.2) is 28.6 Å². The van der Waals surface area contributed by atoms with Crippen molar-refractivity contribution in [3.63, 3.8) is 0 Å². The number of hydrogen-bond donors (Lipinski definition) is 2. The van der Waals surface area contributed by atoms with E-state index in [2.05, 4.69) is 5.32 Å². The standard InChI is InChI=1S/C21H16Cl5F3N2O2/c1-2-20(28,29)8-30-18(32)13-6-12(7-14(27)17(13)24)31-19(33)16-15(21(16,25)26)9-3-10(22)5-11(23)4-9/h3-7,15-16H,2,8H2,1H3,(H,30,32)(H,31,33)/t15-,16+/m0/s1. The van der Waals surface area contributed by atoms with Crippen LogP contribution in [0.3, 0.4) is 0 Å². The van der Waals surface area contributed by atoms with E-state index < -0.39 is 63.3 Å². The molecule has 0 aromatic heterocycles. The van der Waals surface area contributed by atoms with Crippen molar-refractivity contribution in [2.24, 2.45) is 5.92 Å². The van der Waals surface area contributed by atoms with Gasteiger partial charge in [-0.05, 0) is 35.9 Å². The van der Waals surface area contributed by atoms with Crippen LogP contribution in [-0.2, 0) is 4.79 Å². The molecule has 178 valence electrons. The van der Waals surface area contributed by atoms with Gasteiger partial charge < -0.3 is 10.6 Å². The molecular formula is C21H16Cl5F3N2O2. The van der Waals surface area contributed by atoms with E-state index in [-0.39, 0.29) is 5.69 Å². The zero-order valence-electron chi connectivity index (χ0n) is 16.8. The maximum absolute atomic E-state index is 14.3. The Morgan fingerprint density at radius 1 is 1.06 bits per heavy atom. The van der Waals surface area contributed by atoms with Crippen LogP contribution in [0, 0.1) is 11.7 Å². The van der Waals surface area contributed by atoms with E-state index in [9.17, 15) is 22.8 Å². The highest BCUT2D eigenvalue weighted by molar-refractivity contribution is 6.53. The van der Waals surface area contributed by atoms with E-state index >= 15 is 0 Å². The molecule has 2 amide bonds. The van der Waals surface area contributed by atoms with Gasteiger partial charge in [0.1, 0.15) is 10.2 Å². The van der Waals surface area contributed by atoms with Gasteiger partial charge >= 0.3 is 0 Å². The van der Waals surface area contributed by atoms with Crippen LogP contribution in [0.15, 0.2) is 30.3 Å². The van der Waals surface area contributed by atoms with E-state index in [1.54, 1.807) is 12.1 Å². The van der Waals surface area contributed by atoms with Crippen LogP contribution in [0.25, 0.3) is 0 Å². The molecule has 1 aliphatic rings. The average molecular weight is 563 g/mol. The fraction of sp³-hybridized carbons (Fsp3) is 0.333. The molecule has 0 saturated heterocycles. The highest BCUT2D eigenvalue weighted by atomic mass is 35.5. The van der Waals surface area contributed by atoms with Crippen molar-refractivity contribution < 1.29 is 22.8 Å². The second-order valence-corrected chi connectivity index (χ2v) is 10.2. The molecule has 12 heteroatoms. The van der Waals surface area contributed by atoms with Gasteiger partial charge in [-0.3, -0.25) is 9.59 Å². The number of alkyl halides is 4. The largest absolute Gasteiger partial charge is 0.346 e. The Labute approximate surface area is 212 Å². The van der Waals surface area contributed by atoms with Gasteiger partial charge in [-0.1, -0.05) is 41.7 Å². The van der Waals surface area contributed by atoms with Crippen LogP contribution < -0.4 is 10.6 Å². The van der Waals surface area contributed by atoms with Crippen LogP contribution in [0.4, 0.5) is 18.9 Å². The second-order valence-electron chi connectivity index (χ2n) is 7.53. The predicted molar refractivity (Wildman–Crippen MR) is 125 cm³/mol. The summed E-state index contributed by atoms with van der Waals surface area (Å²) >= 11 is 30.4. The molecule has 1 fully saturated rings. The minimum Gasteiger partial charge on any atom is -0.346 e. The van der Waals surface area contributed by atoms with E-state index in [0.717, 1.165) is 12.1 Å². The number of carbonyl (C=O) groups is 2. The predicted octanol–water partition coefficient (Wildman–Crippen LogP) is 7.09. The van der Waals surface area contributed by atoms with Gasteiger partial charge in [0.2, 0.25) is 5.91 Å². The summed E-state index contributed by atoms with van der Waals surface area (Å²) in [5.74, 6) is -7.43. The minimum atomic E-state index is -3.14. The van der Waals surface area contributed by atoms with Crippen molar-refractivity contribution in [2.45, 2.75) is 29.5 Å². The zero-order chi connectivity index (χ0) is 24.7. The van der Waals surface area contributed by atoms with Crippen LogP contribution in [0.2, 0.25) is 15.1 Å². The molecule has 4 nitrogen and oxygen atoms in total. The molecular weight excluding hydrogens is 547 g/mol. The van der Waals surface area contributed by atoms with E-state index in [4.69, 9.17) is 58.0 Å². The first kappa shape index (κ1) is 26.2. The Morgan fingerprint density at radius 2 is 1.67 bits per heavy atom. The van der Waals surface area contributed by atoms with Crippen LogP contribution in [0.5, 0.6) is 0 Å². The molecule has 1 saturated carbocycles. The maximum Gasteiger partial charge on any atom is 0.264 e. The number of nitrogens with one attached hydrogen (secondary N) is 2. The maximum atomic E-state index is 14.3. The molecule has 0 unspecified atom stereocenters. The topological polar surface area (TPSA) is 58.2 Å². The van der Waals surface area contributed by atoms with Crippen molar-refractivity contribution in [3.05, 3.63) is 62.3 Å².